The highest BCUT2D eigenvalue weighted by Gasteiger charge is 2.10. The van der Waals surface area contributed by atoms with Crippen LogP contribution < -0.4 is 0 Å². The van der Waals surface area contributed by atoms with Crippen molar-refractivity contribution in [1.29, 1.82) is 0 Å². The van der Waals surface area contributed by atoms with Gasteiger partial charge in [0.2, 0.25) is 0 Å². The average molecular weight is 210 g/mol. The molecule has 3 nitrogen and oxygen atoms in total. The molecular formula is C12H22N2O. The van der Waals surface area contributed by atoms with E-state index >= 15 is 0 Å². The molecule has 0 radical (unpaired) electrons. The maximum Gasteiger partial charge on any atom is 0.111 e. The van der Waals surface area contributed by atoms with Gasteiger partial charge in [-0.15, -0.1) is 0 Å². The monoisotopic (exact) mass is 210 g/mol. The minimum Gasteiger partial charge on any atom is -0.393 e. The molecule has 0 bridgehead atoms. The number of hydrogen-bond donors (Lipinski definition) is 1. The van der Waals surface area contributed by atoms with Crippen LogP contribution >= 0.6 is 0 Å². The molecule has 0 spiro atoms. The summed E-state index contributed by atoms with van der Waals surface area (Å²) in [6, 6.07) is 0. The molecule has 0 saturated carbocycles. The van der Waals surface area contributed by atoms with Gasteiger partial charge in [0.05, 0.1) is 6.10 Å². The Kier molecular flexibility index (Phi) is 4.82. The molecule has 0 aromatic carbocycles. The van der Waals surface area contributed by atoms with Crippen LogP contribution in [-0.2, 0) is 13.0 Å². The summed E-state index contributed by atoms with van der Waals surface area (Å²) < 4.78 is 2.08. The summed E-state index contributed by atoms with van der Waals surface area (Å²) in [4.78, 5) is 4.26. The summed E-state index contributed by atoms with van der Waals surface area (Å²) in [6.45, 7) is 7.37. The van der Waals surface area contributed by atoms with Gasteiger partial charge in [0.25, 0.3) is 0 Å². The topological polar surface area (TPSA) is 38.0 Å². The van der Waals surface area contributed by atoms with Gasteiger partial charge in [-0.05, 0) is 25.7 Å². The van der Waals surface area contributed by atoms with Gasteiger partial charge < -0.3 is 9.67 Å². The lowest BCUT2D eigenvalue weighted by molar-refractivity contribution is 0.153. The highest BCUT2D eigenvalue weighted by molar-refractivity contribution is 4.94. The molecule has 1 aromatic rings. The second-order valence-electron chi connectivity index (χ2n) is 4.46. The largest absolute Gasteiger partial charge is 0.393 e. The number of hydrogen-bond acceptors (Lipinski definition) is 2. The van der Waals surface area contributed by atoms with E-state index in [-0.39, 0.29) is 6.10 Å². The number of aliphatic hydroxyl groups is 1. The van der Waals surface area contributed by atoms with E-state index in [1.54, 1.807) is 6.20 Å². The van der Waals surface area contributed by atoms with Gasteiger partial charge >= 0.3 is 0 Å². The lowest BCUT2D eigenvalue weighted by Gasteiger charge is -2.12. The van der Waals surface area contributed by atoms with Crippen LogP contribution in [0, 0.1) is 5.92 Å². The maximum absolute atomic E-state index is 9.84. The van der Waals surface area contributed by atoms with Crippen molar-refractivity contribution < 1.29 is 5.11 Å². The number of aryl methyl sites for hydroxylation is 1. The second kappa shape index (κ2) is 5.91. The van der Waals surface area contributed by atoms with Gasteiger partial charge in [0.1, 0.15) is 5.82 Å². The molecule has 0 aliphatic heterocycles. The van der Waals surface area contributed by atoms with Gasteiger partial charge in [-0.25, -0.2) is 4.98 Å². The van der Waals surface area contributed by atoms with Crippen molar-refractivity contribution in [3.05, 3.63) is 18.2 Å². The van der Waals surface area contributed by atoms with Gasteiger partial charge in [-0.2, -0.15) is 0 Å². The fraction of sp³-hybridized carbons (Fsp3) is 0.750. The van der Waals surface area contributed by atoms with Gasteiger partial charge in [-0.1, -0.05) is 13.8 Å². The smallest absolute Gasteiger partial charge is 0.111 e. The van der Waals surface area contributed by atoms with E-state index in [4.69, 9.17) is 0 Å². The van der Waals surface area contributed by atoms with Crippen LogP contribution in [0.1, 0.15) is 39.4 Å². The van der Waals surface area contributed by atoms with E-state index in [9.17, 15) is 5.11 Å². The van der Waals surface area contributed by atoms with Crippen LogP contribution in [0.5, 0.6) is 0 Å². The molecule has 15 heavy (non-hydrogen) atoms. The van der Waals surface area contributed by atoms with Crippen LogP contribution in [0.2, 0.25) is 0 Å². The Bertz CT molecular complexity index is 281. The highest BCUT2D eigenvalue weighted by atomic mass is 16.3. The van der Waals surface area contributed by atoms with Crippen molar-refractivity contribution in [3.8, 4) is 0 Å². The molecule has 1 N–H and O–H groups in total. The first-order valence-corrected chi connectivity index (χ1v) is 5.81. The van der Waals surface area contributed by atoms with E-state index in [0.29, 0.717) is 12.3 Å². The molecule has 1 unspecified atom stereocenters. The molecule has 1 aromatic heterocycles. The predicted octanol–water partition coefficient (Wildman–Crippen LogP) is 2.24. The van der Waals surface area contributed by atoms with Crippen LogP contribution in [0.4, 0.5) is 0 Å². The molecule has 1 rings (SSSR count). The SMILES string of the molecule is CCn1ccnc1CC(O)CCC(C)C. The molecule has 0 saturated heterocycles. The first-order chi connectivity index (χ1) is 7.13. The quantitative estimate of drug-likeness (QED) is 0.782. The second-order valence-corrected chi connectivity index (χ2v) is 4.46. The first-order valence-electron chi connectivity index (χ1n) is 5.81. The minimum absolute atomic E-state index is 0.250. The molecule has 1 heterocycles. The van der Waals surface area contributed by atoms with Crippen molar-refractivity contribution in [2.75, 3.05) is 0 Å². The number of rotatable bonds is 6. The third kappa shape index (κ3) is 4.04. The summed E-state index contributed by atoms with van der Waals surface area (Å²) in [7, 11) is 0. The molecule has 1 atom stereocenters. The van der Waals surface area contributed by atoms with Crippen LogP contribution in [-0.4, -0.2) is 20.8 Å². The first kappa shape index (κ1) is 12.2. The van der Waals surface area contributed by atoms with Crippen LogP contribution in [0.3, 0.4) is 0 Å². The molecule has 3 heteroatoms. The van der Waals surface area contributed by atoms with Crippen molar-refractivity contribution in [3.63, 3.8) is 0 Å². The van der Waals surface area contributed by atoms with Crippen molar-refractivity contribution >= 4 is 0 Å². The molecule has 0 aliphatic rings. The molecule has 86 valence electrons. The Morgan fingerprint density at radius 2 is 2.13 bits per heavy atom. The summed E-state index contributed by atoms with van der Waals surface area (Å²) in [5.74, 6) is 1.65. The zero-order chi connectivity index (χ0) is 11.3. The normalized spacial score (nSPS) is 13.4. The van der Waals surface area contributed by atoms with Crippen molar-refractivity contribution in [2.45, 2.75) is 52.7 Å². The van der Waals surface area contributed by atoms with E-state index < -0.39 is 0 Å². The fourth-order valence-corrected chi connectivity index (χ4v) is 1.66. The number of imidazole rings is 1. The number of aliphatic hydroxyl groups excluding tert-OH is 1. The maximum atomic E-state index is 9.84. The summed E-state index contributed by atoms with van der Waals surface area (Å²) in [5, 5.41) is 9.84. The zero-order valence-corrected chi connectivity index (χ0v) is 9.98. The highest BCUT2D eigenvalue weighted by Crippen LogP contribution is 2.10. The van der Waals surface area contributed by atoms with E-state index in [2.05, 4.69) is 30.3 Å². The Morgan fingerprint density at radius 3 is 2.73 bits per heavy atom. The number of aromatic nitrogens is 2. The summed E-state index contributed by atoms with van der Waals surface area (Å²) in [5.41, 5.74) is 0. The van der Waals surface area contributed by atoms with E-state index in [0.717, 1.165) is 25.2 Å². The molecule has 0 fully saturated rings. The predicted molar refractivity (Wildman–Crippen MR) is 61.7 cm³/mol. The lowest BCUT2D eigenvalue weighted by atomic mass is 10.0. The van der Waals surface area contributed by atoms with E-state index in [1.807, 2.05) is 6.20 Å². The molecule has 0 aliphatic carbocycles. The third-order valence-electron chi connectivity index (χ3n) is 2.64. The summed E-state index contributed by atoms with van der Waals surface area (Å²) >= 11 is 0. The standard InChI is InChI=1S/C12H22N2O/c1-4-14-8-7-13-12(14)9-11(15)6-5-10(2)3/h7-8,10-11,15H,4-6,9H2,1-3H3. The Balaban J connectivity index is 2.40. The van der Waals surface area contributed by atoms with Gasteiger partial charge in [-0.3, -0.25) is 0 Å². The Morgan fingerprint density at radius 1 is 1.40 bits per heavy atom. The van der Waals surface area contributed by atoms with Crippen molar-refractivity contribution in [1.82, 2.24) is 9.55 Å². The average Bonchev–Trinajstić information content (AvgIpc) is 2.62. The Labute approximate surface area is 92.1 Å². The van der Waals surface area contributed by atoms with Crippen LogP contribution in [0.15, 0.2) is 12.4 Å². The van der Waals surface area contributed by atoms with Gasteiger partial charge in [0, 0.05) is 25.4 Å². The van der Waals surface area contributed by atoms with Gasteiger partial charge in [0.15, 0.2) is 0 Å². The molecular weight excluding hydrogens is 188 g/mol. The number of nitrogens with zero attached hydrogens (tertiary/aromatic N) is 2. The lowest BCUT2D eigenvalue weighted by Crippen LogP contribution is -2.15. The van der Waals surface area contributed by atoms with Crippen molar-refractivity contribution in [2.24, 2.45) is 5.92 Å². The molecule has 0 amide bonds. The Hall–Kier alpha value is -0.830. The van der Waals surface area contributed by atoms with Crippen LogP contribution in [0.25, 0.3) is 0 Å². The minimum atomic E-state index is -0.250. The summed E-state index contributed by atoms with van der Waals surface area (Å²) in [6.07, 6.45) is 6.13. The fourth-order valence-electron chi connectivity index (χ4n) is 1.66. The van der Waals surface area contributed by atoms with E-state index in [1.165, 1.54) is 0 Å². The zero-order valence-electron chi connectivity index (χ0n) is 9.98. The third-order valence-corrected chi connectivity index (χ3v) is 2.64.